The summed E-state index contributed by atoms with van der Waals surface area (Å²) in [6.07, 6.45) is 3.90. The Hall–Kier alpha value is -4.09. The van der Waals surface area contributed by atoms with Gasteiger partial charge in [-0.1, -0.05) is 0 Å². The molecular formula is C24H38N8O9. The van der Waals surface area contributed by atoms with E-state index >= 15 is 0 Å². The number of likely N-dealkylation sites (tertiary alicyclic amines) is 1. The number of H-pyrrole nitrogens is 1. The van der Waals surface area contributed by atoms with Crippen molar-refractivity contribution in [2.75, 3.05) is 19.7 Å². The molecule has 228 valence electrons. The number of aliphatic hydroxyl groups excluding tert-OH is 1. The van der Waals surface area contributed by atoms with Gasteiger partial charge in [0.15, 0.2) is 0 Å². The van der Waals surface area contributed by atoms with Crippen LogP contribution >= 0.6 is 0 Å². The van der Waals surface area contributed by atoms with Gasteiger partial charge in [-0.2, -0.15) is 0 Å². The lowest BCUT2D eigenvalue weighted by atomic mass is 10.0. The summed E-state index contributed by atoms with van der Waals surface area (Å²) in [6, 6.07) is -6.36. The number of aliphatic hydroxyl groups is 1. The van der Waals surface area contributed by atoms with Crippen LogP contribution in [-0.4, -0.2) is 116 Å². The number of aromatic amines is 1. The number of amides is 4. The fraction of sp³-hybridized carbons (Fsp3) is 0.625. The Morgan fingerprint density at radius 3 is 2.34 bits per heavy atom. The second-order valence-electron chi connectivity index (χ2n) is 9.66. The van der Waals surface area contributed by atoms with Crippen LogP contribution in [0.15, 0.2) is 12.5 Å². The number of nitrogens with two attached hydrogens (primary N) is 2. The lowest BCUT2D eigenvalue weighted by Gasteiger charge is -2.30. The standard InChI is InChI=1S/C24H38N8O9/c25-6-2-1-4-15(23(39)32-7-3-5-18(32)22(38)31-17(11-33)24(40)41)29-21(37)16(8-13-10-27-12-28-13)30-20(36)14(26)9-19(34)35/h10,12,14-18,33H,1-9,11,25-26H2,(H,27,28)(H,29,37)(H,30,36)(H,31,38)(H,34,35)(H,40,41)/t14-,15-,16-,17-,18-/m0/s1. The molecule has 17 heteroatoms. The van der Waals surface area contributed by atoms with Crippen LogP contribution < -0.4 is 27.4 Å². The number of nitrogens with one attached hydrogen (secondary N) is 4. The highest BCUT2D eigenvalue weighted by Crippen LogP contribution is 2.20. The highest BCUT2D eigenvalue weighted by Gasteiger charge is 2.39. The van der Waals surface area contributed by atoms with E-state index < -0.39 is 78.8 Å². The minimum Gasteiger partial charge on any atom is -0.481 e. The van der Waals surface area contributed by atoms with Gasteiger partial charge >= 0.3 is 11.9 Å². The van der Waals surface area contributed by atoms with Crippen molar-refractivity contribution in [1.29, 1.82) is 0 Å². The first-order chi connectivity index (χ1) is 19.5. The van der Waals surface area contributed by atoms with Crippen molar-refractivity contribution < 1.29 is 44.1 Å². The molecule has 1 aromatic rings. The molecule has 1 fully saturated rings. The normalized spacial score (nSPS) is 17.6. The average molecular weight is 583 g/mol. The Morgan fingerprint density at radius 1 is 1.05 bits per heavy atom. The van der Waals surface area contributed by atoms with Crippen LogP contribution in [0.3, 0.4) is 0 Å². The van der Waals surface area contributed by atoms with Gasteiger partial charge in [-0.3, -0.25) is 24.0 Å². The number of aromatic nitrogens is 2. The lowest BCUT2D eigenvalue weighted by molar-refractivity contribution is -0.145. The van der Waals surface area contributed by atoms with E-state index in [1.807, 2.05) is 0 Å². The molecule has 4 amide bonds. The average Bonchev–Trinajstić information content (AvgIpc) is 3.62. The molecule has 0 spiro atoms. The van der Waals surface area contributed by atoms with E-state index in [2.05, 4.69) is 25.9 Å². The number of nitrogens with zero attached hydrogens (tertiary/aromatic N) is 2. The Kier molecular flexibility index (Phi) is 13.1. The van der Waals surface area contributed by atoms with Crippen LogP contribution in [-0.2, 0) is 35.2 Å². The maximum absolute atomic E-state index is 13.6. The van der Waals surface area contributed by atoms with Crippen LogP contribution in [0, 0.1) is 0 Å². The molecule has 11 N–H and O–H groups in total. The van der Waals surface area contributed by atoms with Crippen molar-refractivity contribution in [2.45, 2.75) is 75.2 Å². The maximum atomic E-state index is 13.6. The first-order valence-corrected chi connectivity index (χ1v) is 13.2. The quantitative estimate of drug-likeness (QED) is 0.0806. The molecule has 0 unspecified atom stereocenters. The van der Waals surface area contributed by atoms with E-state index in [-0.39, 0.29) is 25.8 Å². The number of hydrogen-bond donors (Lipinski definition) is 9. The third kappa shape index (κ3) is 10.1. The lowest BCUT2D eigenvalue weighted by Crippen LogP contribution is -2.59. The summed E-state index contributed by atoms with van der Waals surface area (Å²) in [5.41, 5.74) is 11.7. The van der Waals surface area contributed by atoms with E-state index in [9.17, 15) is 33.9 Å². The topological polar surface area (TPSA) is 283 Å². The van der Waals surface area contributed by atoms with Gasteiger partial charge in [0.05, 0.1) is 25.4 Å². The molecule has 1 aromatic heterocycles. The second kappa shape index (κ2) is 16.2. The molecule has 1 aliphatic heterocycles. The number of carbonyl (C=O) groups excluding carboxylic acids is 4. The smallest absolute Gasteiger partial charge is 0.328 e. The monoisotopic (exact) mass is 582 g/mol. The first-order valence-electron chi connectivity index (χ1n) is 13.2. The number of rotatable bonds is 17. The Morgan fingerprint density at radius 2 is 1.76 bits per heavy atom. The van der Waals surface area contributed by atoms with Crippen LogP contribution in [0.1, 0.15) is 44.2 Å². The maximum Gasteiger partial charge on any atom is 0.328 e. The molecule has 1 saturated heterocycles. The van der Waals surface area contributed by atoms with Crippen molar-refractivity contribution >= 4 is 35.6 Å². The van der Waals surface area contributed by atoms with Gasteiger partial charge in [0.25, 0.3) is 0 Å². The molecule has 1 aliphatic rings. The van der Waals surface area contributed by atoms with Gasteiger partial charge in [0.2, 0.25) is 23.6 Å². The number of hydrogen-bond acceptors (Lipinski definition) is 10. The fourth-order valence-corrected chi connectivity index (χ4v) is 4.36. The molecule has 0 bridgehead atoms. The van der Waals surface area contributed by atoms with Crippen molar-refractivity contribution in [3.05, 3.63) is 18.2 Å². The Labute approximate surface area is 235 Å². The first kappa shape index (κ1) is 33.1. The fourth-order valence-electron chi connectivity index (χ4n) is 4.36. The summed E-state index contributed by atoms with van der Waals surface area (Å²) < 4.78 is 0. The molecule has 0 radical (unpaired) electrons. The molecule has 17 nitrogen and oxygen atoms in total. The van der Waals surface area contributed by atoms with Crippen molar-refractivity contribution in [3.63, 3.8) is 0 Å². The highest BCUT2D eigenvalue weighted by molar-refractivity contribution is 5.96. The zero-order chi connectivity index (χ0) is 30.5. The van der Waals surface area contributed by atoms with Crippen molar-refractivity contribution in [3.8, 4) is 0 Å². The zero-order valence-electron chi connectivity index (χ0n) is 22.5. The molecule has 2 heterocycles. The highest BCUT2D eigenvalue weighted by atomic mass is 16.4. The predicted octanol–water partition coefficient (Wildman–Crippen LogP) is -3.59. The van der Waals surface area contributed by atoms with Gasteiger partial charge in [0, 0.05) is 24.9 Å². The van der Waals surface area contributed by atoms with E-state index in [0.29, 0.717) is 31.5 Å². The number of carbonyl (C=O) groups is 6. The number of carboxylic acid groups (broad SMARTS) is 2. The number of imidazole rings is 1. The predicted molar refractivity (Wildman–Crippen MR) is 141 cm³/mol. The van der Waals surface area contributed by atoms with Gasteiger partial charge < -0.3 is 52.6 Å². The van der Waals surface area contributed by atoms with Gasteiger partial charge in [0.1, 0.15) is 24.2 Å². The second-order valence-corrected chi connectivity index (χ2v) is 9.66. The van der Waals surface area contributed by atoms with Crippen LogP contribution in [0.5, 0.6) is 0 Å². The van der Waals surface area contributed by atoms with Crippen molar-refractivity contribution in [2.24, 2.45) is 11.5 Å². The molecule has 0 aromatic carbocycles. The zero-order valence-corrected chi connectivity index (χ0v) is 22.5. The van der Waals surface area contributed by atoms with Gasteiger partial charge in [-0.15, -0.1) is 0 Å². The van der Waals surface area contributed by atoms with Crippen LogP contribution in [0.2, 0.25) is 0 Å². The summed E-state index contributed by atoms with van der Waals surface area (Å²) in [5.74, 6) is -5.71. The molecule has 0 saturated carbocycles. The Bertz CT molecular complexity index is 1070. The van der Waals surface area contributed by atoms with Gasteiger partial charge in [-0.05, 0) is 38.6 Å². The molecular weight excluding hydrogens is 544 g/mol. The number of unbranched alkanes of at least 4 members (excludes halogenated alkanes) is 1. The van der Waals surface area contributed by atoms with Crippen molar-refractivity contribution in [1.82, 2.24) is 30.8 Å². The number of aliphatic carboxylic acids is 2. The van der Waals surface area contributed by atoms with Crippen LogP contribution in [0.4, 0.5) is 0 Å². The molecule has 2 rings (SSSR count). The summed E-state index contributed by atoms with van der Waals surface area (Å²) in [4.78, 5) is 82.5. The third-order valence-electron chi connectivity index (χ3n) is 6.54. The minimum absolute atomic E-state index is 0.0758. The van der Waals surface area contributed by atoms with Crippen LogP contribution in [0.25, 0.3) is 0 Å². The molecule has 41 heavy (non-hydrogen) atoms. The molecule has 5 atom stereocenters. The van der Waals surface area contributed by atoms with E-state index in [1.54, 1.807) is 0 Å². The SMILES string of the molecule is NCCCC[C@H](NC(=O)[C@H](Cc1cnc[nH]1)NC(=O)[C@@H](N)CC(=O)O)C(=O)N1CCC[C@H]1C(=O)N[C@@H](CO)C(=O)O. The van der Waals surface area contributed by atoms with E-state index in [1.165, 1.54) is 17.4 Å². The summed E-state index contributed by atoms with van der Waals surface area (Å²) >= 11 is 0. The summed E-state index contributed by atoms with van der Waals surface area (Å²) in [7, 11) is 0. The number of carboxylic acids is 2. The minimum atomic E-state index is -1.54. The molecule has 0 aliphatic carbocycles. The Balaban J connectivity index is 2.23. The summed E-state index contributed by atoms with van der Waals surface area (Å²) in [5, 5.41) is 34.6. The third-order valence-corrected chi connectivity index (χ3v) is 6.54. The van der Waals surface area contributed by atoms with E-state index in [4.69, 9.17) is 21.7 Å². The largest absolute Gasteiger partial charge is 0.481 e. The van der Waals surface area contributed by atoms with Gasteiger partial charge in [-0.25, -0.2) is 9.78 Å². The van der Waals surface area contributed by atoms with E-state index in [0.717, 1.165) is 0 Å². The summed E-state index contributed by atoms with van der Waals surface area (Å²) in [6.45, 7) is -0.324.